The molecule has 3 rings (SSSR count). The third-order valence-electron chi connectivity index (χ3n) is 5.19. The van der Waals surface area contributed by atoms with E-state index in [9.17, 15) is 14.7 Å². The standard InChI is InChI=1S/C18H24N2O3/c1-20-16(22)10-13(17(20)12-6-3-2-4-7-12)11-19-18(23)14-8-5-9-15(14)21/h2-4,6-7,13-15,17,21H,5,8-11H2,1H3,(H,19,23)/t13-,14-,15+,17-/m1/s1. The zero-order valence-corrected chi connectivity index (χ0v) is 13.4. The van der Waals surface area contributed by atoms with Gasteiger partial charge < -0.3 is 15.3 Å². The van der Waals surface area contributed by atoms with Gasteiger partial charge in [0.2, 0.25) is 11.8 Å². The molecule has 124 valence electrons. The Morgan fingerprint density at radius 2 is 2.04 bits per heavy atom. The van der Waals surface area contributed by atoms with Crippen molar-refractivity contribution in [2.24, 2.45) is 11.8 Å². The molecule has 1 saturated carbocycles. The fourth-order valence-corrected chi connectivity index (χ4v) is 3.89. The van der Waals surface area contributed by atoms with E-state index in [1.165, 1.54) is 0 Å². The predicted octanol–water partition coefficient (Wildman–Crippen LogP) is 1.48. The topological polar surface area (TPSA) is 69.6 Å². The van der Waals surface area contributed by atoms with Gasteiger partial charge in [-0.15, -0.1) is 0 Å². The number of likely N-dealkylation sites (tertiary alicyclic amines) is 1. The molecule has 0 unspecified atom stereocenters. The molecule has 0 bridgehead atoms. The molecule has 1 heterocycles. The Kier molecular flexibility index (Phi) is 4.66. The van der Waals surface area contributed by atoms with Crippen molar-refractivity contribution in [3.05, 3.63) is 35.9 Å². The third kappa shape index (κ3) is 3.24. The maximum absolute atomic E-state index is 12.2. The second kappa shape index (κ2) is 6.71. The molecule has 2 amide bonds. The molecule has 2 fully saturated rings. The van der Waals surface area contributed by atoms with Gasteiger partial charge in [0.1, 0.15) is 0 Å². The molecule has 4 atom stereocenters. The molecule has 23 heavy (non-hydrogen) atoms. The van der Waals surface area contributed by atoms with Gasteiger partial charge in [0.25, 0.3) is 0 Å². The van der Waals surface area contributed by atoms with Crippen LogP contribution < -0.4 is 5.32 Å². The number of rotatable bonds is 4. The lowest BCUT2D eigenvalue weighted by Gasteiger charge is -2.26. The van der Waals surface area contributed by atoms with Gasteiger partial charge in [0, 0.05) is 25.9 Å². The minimum atomic E-state index is -0.521. The van der Waals surface area contributed by atoms with Crippen LogP contribution in [0.2, 0.25) is 0 Å². The van der Waals surface area contributed by atoms with E-state index in [4.69, 9.17) is 0 Å². The summed E-state index contributed by atoms with van der Waals surface area (Å²) in [6.45, 7) is 0.470. The van der Waals surface area contributed by atoms with E-state index in [0.29, 0.717) is 19.4 Å². The number of carbonyl (C=O) groups excluding carboxylic acids is 2. The molecule has 1 aliphatic heterocycles. The lowest BCUT2D eigenvalue weighted by molar-refractivity contribution is -0.128. The number of aliphatic hydroxyl groups is 1. The SMILES string of the molecule is CN1C(=O)C[C@H](CNC(=O)[C@@H]2CCC[C@@H]2O)[C@H]1c1ccccc1. The fourth-order valence-electron chi connectivity index (χ4n) is 3.89. The lowest BCUT2D eigenvalue weighted by atomic mass is 9.93. The second-order valence-electron chi connectivity index (χ2n) is 6.67. The van der Waals surface area contributed by atoms with Gasteiger partial charge in [-0.1, -0.05) is 30.3 Å². The summed E-state index contributed by atoms with van der Waals surface area (Å²) in [5.74, 6) is -0.194. The molecule has 0 radical (unpaired) electrons. The van der Waals surface area contributed by atoms with Crippen LogP contribution in [0.25, 0.3) is 0 Å². The summed E-state index contributed by atoms with van der Waals surface area (Å²) in [5, 5.41) is 12.8. The van der Waals surface area contributed by atoms with Crippen LogP contribution in [0.5, 0.6) is 0 Å². The molecular weight excluding hydrogens is 292 g/mol. The van der Waals surface area contributed by atoms with Crippen LogP contribution in [-0.2, 0) is 9.59 Å². The van der Waals surface area contributed by atoms with Crippen molar-refractivity contribution in [1.82, 2.24) is 10.2 Å². The van der Waals surface area contributed by atoms with E-state index >= 15 is 0 Å². The van der Waals surface area contributed by atoms with Gasteiger partial charge in [-0.05, 0) is 24.8 Å². The zero-order valence-electron chi connectivity index (χ0n) is 13.4. The predicted molar refractivity (Wildman–Crippen MR) is 86.4 cm³/mol. The van der Waals surface area contributed by atoms with E-state index in [1.807, 2.05) is 37.4 Å². The molecule has 2 N–H and O–H groups in total. The fraction of sp³-hybridized carbons (Fsp3) is 0.556. The van der Waals surface area contributed by atoms with Crippen LogP contribution in [0.4, 0.5) is 0 Å². The highest BCUT2D eigenvalue weighted by Crippen LogP contribution is 2.36. The van der Waals surface area contributed by atoms with Crippen LogP contribution in [-0.4, -0.2) is 41.5 Å². The highest BCUT2D eigenvalue weighted by Gasteiger charge is 2.39. The van der Waals surface area contributed by atoms with E-state index in [1.54, 1.807) is 4.90 Å². The normalized spacial score (nSPS) is 30.7. The molecule has 5 heteroatoms. The van der Waals surface area contributed by atoms with Gasteiger partial charge in [-0.2, -0.15) is 0 Å². The summed E-state index contributed by atoms with van der Waals surface area (Å²) < 4.78 is 0. The second-order valence-corrected chi connectivity index (χ2v) is 6.67. The van der Waals surface area contributed by atoms with Crippen molar-refractivity contribution in [1.29, 1.82) is 0 Å². The minimum absolute atomic E-state index is 0.00231. The Morgan fingerprint density at radius 3 is 2.70 bits per heavy atom. The molecule has 1 aliphatic carbocycles. The first-order valence-corrected chi connectivity index (χ1v) is 8.34. The Labute approximate surface area is 136 Å². The largest absolute Gasteiger partial charge is 0.392 e. The summed E-state index contributed by atoms with van der Waals surface area (Å²) in [7, 11) is 1.82. The number of hydrogen-bond donors (Lipinski definition) is 2. The average molecular weight is 316 g/mol. The lowest BCUT2D eigenvalue weighted by Crippen LogP contribution is -2.38. The van der Waals surface area contributed by atoms with Crippen LogP contribution >= 0.6 is 0 Å². The van der Waals surface area contributed by atoms with Crippen molar-refractivity contribution in [3.63, 3.8) is 0 Å². The van der Waals surface area contributed by atoms with E-state index < -0.39 is 6.10 Å². The molecule has 1 aromatic rings. The summed E-state index contributed by atoms with van der Waals surface area (Å²) in [4.78, 5) is 26.1. The van der Waals surface area contributed by atoms with E-state index in [-0.39, 0.29) is 29.7 Å². The number of amides is 2. The average Bonchev–Trinajstić information content (AvgIpc) is 3.10. The van der Waals surface area contributed by atoms with Crippen LogP contribution in [0.1, 0.15) is 37.3 Å². The first kappa shape index (κ1) is 16.0. The maximum atomic E-state index is 12.2. The highest BCUT2D eigenvalue weighted by molar-refractivity contribution is 5.81. The smallest absolute Gasteiger partial charge is 0.225 e. The highest BCUT2D eigenvalue weighted by atomic mass is 16.3. The van der Waals surface area contributed by atoms with Crippen LogP contribution in [0, 0.1) is 11.8 Å². The van der Waals surface area contributed by atoms with Crippen molar-refractivity contribution in [2.45, 2.75) is 37.8 Å². The first-order valence-electron chi connectivity index (χ1n) is 8.34. The van der Waals surface area contributed by atoms with E-state index in [2.05, 4.69) is 5.32 Å². The number of benzene rings is 1. The quantitative estimate of drug-likeness (QED) is 0.884. The summed E-state index contributed by atoms with van der Waals surface area (Å²) >= 11 is 0. The first-order chi connectivity index (χ1) is 11.1. The van der Waals surface area contributed by atoms with E-state index in [0.717, 1.165) is 18.4 Å². The molecule has 1 aromatic carbocycles. The molecule has 1 saturated heterocycles. The number of nitrogens with one attached hydrogen (secondary N) is 1. The van der Waals surface area contributed by atoms with Gasteiger partial charge in [0.05, 0.1) is 18.1 Å². The molecule has 0 spiro atoms. The van der Waals surface area contributed by atoms with Crippen molar-refractivity contribution < 1.29 is 14.7 Å². The zero-order chi connectivity index (χ0) is 16.4. The molecule has 5 nitrogen and oxygen atoms in total. The van der Waals surface area contributed by atoms with Gasteiger partial charge in [0.15, 0.2) is 0 Å². The van der Waals surface area contributed by atoms with Crippen LogP contribution in [0.15, 0.2) is 30.3 Å². The van der Waals surface area contributed by atoms with Crippen molar-refractivity contribution in [3.8, 4) is 0 Å². The monoisotopic (exact) mass is 316 g/mol. The van der Waals surface area contributed by atoms with Crippen LogP contribution in [0.3, 0.4) is 0 Å². The Hall–Kier alpha value is -1.88. The third-order valence-corrected chi connectivity index (χ3v) is 5.19. The summed E-state index contributed by atoms with van der Waals surface area (Å²) in [5.41, 5.74) is 1.10. The number of aliphatic hydroxyl groups excluding tert-OH is 1. The molecule has 0 aromatic heterocycles. The number of carbonyl (C=O) groups is 2. The Bertz CT molecular complexity index is 575. The minimum Gasteiger partial charge on any atom is -0.392 e. The maximum Gasteiger partial charge on any atom is 0.225 e. The Morgan fingerprint density at radius 1 is 1.30 bits per heavy atom. The molecular formula is C18H24N2O3. The Balaban J connectivity index is 1.66. The number of nitrogens with zero attached hydrogens (tertiary/aromatic N) is 1. The van der Waals surface area contributed by atoms with Gasteiger partial charge >= 0.3 is 0 Å². The summed E-state index contributed by atoms with van der Waals surface area (Å²) in [6, 6.07) is 9.94. The van der Waals surface area contributed by atoms with Gasteiger partial charge in [-0.25, -0.2) is 0 Å². The van der Waals surface area contributed by atoms with Crippen molar-refractivity contribution >= 4 is 11.8 Å². The number of hydrogen-bond acceptors (Lipinski definition) is 3. The van der Waals surface area contributed by atoms with Gasteiger partial charge in [-0.3, -0.25) is 9.59 Å². The summed E-state index contributed by atoms with van der Waals surface area (Å²) in [6.07, 6.45) is 2.28. The van der Waals surface area contributed by atoms with Crippen molar-refractivity contribution in [2.75, 3.05) is 13.6 Å². The molecule has 2 aliphatic rings.